The summed E-state index contributed by atoms with van der Waals surface area (Å²) in [6.45, 7) is 3.73. The van der Waals surface area contributed by atoms with E-state index in [-0.39, 0.29) is 11.6 Å². The quantitative estimate of drug-likeness (QED) is 0.562. The molecule has 3 aromatic rings. The fourth-order valence-corrected chi connectivity index (χ4v) is 4.41. The van der Waals surface area contributed by atoms with E-state index in [9.17, 15) is 13.6 Å². The molecule has 32 heavy (non-hydrogen) atoms. The van der Waals surface area contributed by atoms with Crippen molar-refractivity contribution in [2.45, 2.75) is 51.6 Å². The first kappa shape index (κ1) is 20.9. The lowest BCUT2D eigenvalue weighted by Crippen LogP contribution is -2.37. The van der Waals surface area contributed by atoms with Gasteiger partial charge in [-0.3, -0.25) is 4.79 Å². The first-order chi connectivity index (χ1) is 15.3. The molecule has 2 atom stereocenters. The Morgan fingerprint density at radius 2 is 1.97 bits per heavy atom. The number of nitrogens with zero attached hydrogens (tertiary/aromatic N) is 4. The molecule has 3 heterocycles. The van der Waals surface area contributed by atoms with Crippen molar-refractivity contribution >= 4 is 29.0 Å². The minimum Gasteiger partial charge on any atom is -0.367 e. The minimum absolute atomic E-state index is 0.0587. The third-order valence-corrected chi connectivity index (χ3v) is 6.77. The van der Waals surface area contributed by atoms with Gasteiger partial charge < -0.3 is 10.6 Å². The van der Waals surface area contributed by atoms with Gasteiger partial charge in [0.25, 0.3) is 12.3 Å². The summed E-state index contributed by atoms with van der Waals surface area (Å²) in [6.07, 6.45) is 1.18. The molecule has 0 saturated heterocycles. The number of aryl methyl sites for hydroxylation is 1. The van der Waals surface area contributed by atoms with Gasteiger partial charge in [-0.1, -0.05) is 11.6 Å². The first-order valence-corrected chi connectivity index (χ1v) is 11.0. The predicted molar refractivity (Wildman–Crippen MR) is 118 cm³/mol. The number of carbonyl (C=O) groups excluding carboxylic acids is 1. The summed E-state index contributed by atoms with van der Waals surface area (Å²) in [6, 6.07) is 6.09. The van der Waals surface area contributed by atoms with Gasteiger partial charge in [-0.25, -0.2) is 18.1 Å². The van der Waals surface area contributed by atoms with Crippen LogP contribution >= 0.6 is 11.6 Å². The number of amides is 1. The number of aromatic nitrogens is 4. The van der Waals surface area contributed by atoms with Crippen LogP contribution in [0, 0.1) is 19.8 Å². The largest absolute Gasteiger partial charge is 0.367 e. The maximum absolute atomic E-state index is 13.6. The normalized spacial score (nSPS) is 20.2. The van der Waals surface area contributed by atoms with Gasteiger partial charge in [0.1, 0.15) is 17.4 Å². The molecule has 1 fully saturated rings. The molecule has 5 rings (SSSR count). The highest BCUT2D eigenvalue weighted by Gasteiger charge is 2.41. The number of carbonyl (C=O) groups is 1. The van der Waals surface area contributed by atoms with Crippen molar-refractivity contribution in [1.82, 2.24) is 19.6 Å². The fraction of sp³-hybridized carbons (Fsp3) is 0.409. The van der Waals surface area contributed by atoms with Gasteiger partial charge in [0.15, 0.2) is 0 Å². The molecule has 10 heteroatoms. The van der Waals surface area contributed by atoms with Crippen LogP contribution in [0.4, 0.5) is 20.3 Å². The van der Waals surface area contributed by atoms with Gasteiger partial charge in [0, 0.05) is 11.7 Å². The Bertz CT molecular complexity index is 1170. The Hall–Kier alpha value is -2.94. The molecule has 0 unspecified atom stereocenters. The van der Waals surface area contributed by atoms with Gasteiger partial charge in [-0.15, -0.1) is 0 Å². The summed E-state index contributed by atoms with van der Waals surface area (Å²) in [5.41, 5.74) is 3.22. The number of benzene rings is 1. The average molecular weight is 461 g/mol. The number of rotatable bonds is 5. The molecule has 1 saturated carbocycles. The molecule has 1 aromatic carbocycles. The van der Waals surface area contributed by atoms with E-state index in [1.807, 2.05) is 26.0 Å². The van der Waals surface area contributed by atoms with Crippen molar-refractivity contribution in [3.8, 4) is 5.69 Å². The smallest absolute Gasteiger partial charge is 0.261 e. The van der Waals surface area contributed by atoms with Gasteiger partial charge in [0.05, 0.1) is 28.3 Å². The topological polar surface area (TPSA) is 76.8 Å². The number of fused-ring (bicyclic) bond motifs is 1. The molecule has 7 nitrogen and oxygen atoms in total. The Kier molecular flexibility index (Phi) is 5.16. The van der Waals surface area contributed by atoms with Crippen LogP contribution in [0.3, 0.4) is 0 Å². The van der Waals surface area contributed by atoms with Crippen LogP contribution in [0.1, 0.15) is 47.1 Å². The van der Waals surface area contributed by atoms with E-state index in [0.717, 1.165) is 29.9 Å². The monoisotopic (exact) mass is 460 g/mol. The SMILES string of the molecule is Cc1nn(-c2ccc(NC(=O)c3cnn4c3N[C@H](C3CC3)C[C@H]4C(F)F)cc2)c(C)c1Cl. The zero-order valence-corrected chi connectivity index (χ0v) is 18.4. The number of alkyl halides is 2. The number of halogens is 3. The van der Waals surface area contributed by atoms with Crippen molar-refractivity contribution in [3.63, 3.8) is 0 Å². The van der Waals surface area contributed by atoms with Crippen LogP contribution in [-0.4, -0.2) is 37.9 Å². The molecule has 2 N–H and O–H groups in total. The minimum atomic E-state index is -2.54. The van der Waals surface area contributed by atoms with E-state index in [0.29, 0.717) is 28.9 Å². The molecule has 0 spiro atoms. The third kappa shape index (κ3) is 3.64. The number of nitrogens with one attached hydrogen (secondary N) is 2. The van der Waals surface area contributed by atoms with E-state index in [2.05, 4.69) is 20.8 Å². The van der Waals surface area contributed by atoms with Gasteiger partial charge >= 0.3 is 0 Å². The van der Waals surface area contributed by atoms with Gasteiger partial charge in [-0.2, -0.15) is 10.2 Å². The molecule has 1 aliphatic carbocycles. The van der Waals surface area contributed by atoms with Crippen molar-refractivity contribution in [1.29, 1.82) is 0 Å². The second-order valence-corrected chi connectivity index (χ2v) is 8.85. The molecule has 0 radical (unpaired) electrons. The lowest BCUT2D eigenvalue weighted by molar-refractivity contribution is 0.0644. The van der Waals surface area contributed by atoms with E-state index in [4.69, 9.17) is 11.6 Å². The number of hydrogen-bond donors (Lipinski definition) is 2. The van der Waals surface area contributed by atoms with Crippen molar-refractivity contribution in [2.75, 3.05) is 10.6 Å². The Labute approximate surface area is 188 Å². The molecular formula is C22H23ClF2N6O. The standard InChI is InChI=1S/C22H23ClF2N6O/c1-11-19(23)12(2)30(29-11)15-7-5-14(6-8-15)27-22(32)16-10-26-31-18(20(24)25)9-17(13-3-4-13)28-21(16)31/h5-8,10,13,17-18,20,28H,3-4,9H2,1-2H3,(H,27,32)/t17-,18-/m0/s1. The maximum atomic E-state index is 13.6. The first-order valence-electron chi connectivity index (χ1n) is 10.6. The van der Waals surface area contributed by atoms with Gasteiger partial charge in [-0.05, 0) is 63.3 Å². The van der Waals surface area contributed by atoms with Crippen molar-refractivity contribution in [3.05, 3.63) is 52.4 Å². The number of hydrogen-bond acceptors (Lipinski definition) is 4. The van der Waals surface area contributed by atoms with Crippen LogP contribution in [0.5, 0.6) is 0 Å². The van der Waals surface area contributed by atoms with E-state index in [1.54, 1.807) is 16.8 Å². The molecular weight excluding hydrogens is 438 g/mol. The fourth-order valence-electron chi connectivity index (χ4n) is 4.30. The maximum Gasteiger partial charge on any atom is 0.261 e. The zero-order valence-electron chi connectivity index (χ0n) is 17.6. The summed E-state index contributed by atoms with van der Waals surface area (Å²) >= 11 is 6.23. The Morgan fingerprint density at radius 3 is 2.56 bits per heavy atom. The summed E-state index contributed by atoms with van der Waals surface area (Å²) in [5.74, 6) is 0.348. The lowest BCUT2D eigenvalue weighted by atomic mass is 10.00. The summed E-state index contributed by atoms with van der Waals surface area (Å²) < 4.78 is 30.3. The van der Waals surface area contributed by atoms with Crippen molar-refractivity contribution < 1.29 is 13.6 Å². The van der Waals surface area contributed by atoms with E-state index in [1.165, 1.54) is 10.9 Å². The summed E-state index contributed by atoms with van der Waals surface area (Å²) in [4.78, 5) is 12.9. The van der Waals surface area contributed by atoms with E-state index >= 15 is 0 Å². The third-order valence-electron chi connectivity index (χ3n) is 6.23. The summed E-state index contributed by atoms with van der Waals surface area (Å²) in [7, 11) is 0. The highest BCUT2D eigenvalue weighted by atomic mass is 35.5. The van der Waals surface area contributed by atoms with E-state index < -0.39 is 18.4 Å². The number of anilines is 2. The van der Waals surface area contributed by atoms with Gasteiger partial charge in [0.2, 0.25) is 0 Å². The Morgan fingerprint density at radius 1 is 1.25 bits per heavy atom. The van der Waals surface area contributed by atoms with Crippen molar-refractivity contribution in [2.24, 2.45) is 5.92 Å². The van der Waals surface area contributed by atoms with Crippen LogP contribution in [0.15, 0.2) is 30.5 Å². The zero-order chi connectivity index (χ0) is 22.6. The molecule has 168 valence electrons. The highest BCUT2D eigenvalue weighted by molar-refractivity contribution is 6.31. The molecule has 0 bridgehead atoms. The van der Waals surface area contributed by atoms with Crippen LogP contribution in [0.25, 0.3) is 5.69 Å². The Balaban J connectivity index is 1.36. The highest BCUT2D eigenvalue weighted by Crippen LogP contribution is 2.43. The molecule has 1 amide bonds. The second-order valence-electron chi connectivity index (χ2n) is 8.47. The summed E-state index contributed by atoms with van der Waals surface area (Å²) in [5, 5.41) is 15.3. The van der Waals surface area contributed by atoms with Crippen LogP contribution in [-0.2, 0) is 0 Å². The molecule has 2 aromatic heterocycles. The lowest BCUT2D eigenvalue weighted by Gasteiger charge is -2.32. The van der Waals surface area contributed by atoms with Crippen LogP contribution < -0.4 is 10.6 Å². The molecule has 2 aliphatic rings. The average Bonchev–Trinajstić information content (AvgIpc) is 3.49. The molecule has 1 aliphatic heterocycles. The van der Waals surface area contributed by atoms with Crippen LogP contribution in [0.2, 0.25) is 5.02 Å². The predicted octanol–water partition coefficient (Wildman–Crippen LogP) is 4.99. The second kappa shape index (κ2) is 7.88.